The molecule has 8 nitrogen and oxygen atoms in total. The van der Waals surface area contributed by atoms with Gasteiger partial charge in [0.05, 0.1) is 23.1 Å². The molecule has 5 aromatic rings. The third-order valence-electron chi connectivity index (χ3n) is 7.22. The van der Waals surface area contributed by atoms with Crippen LogP contribution < -0.4 is 10.6 Å². The average molecular weight is 540 g/mol. The van der Waals surface area contributed by atoms with Crippen LogP contribution in [0.2, 0.25) is 5.02 Å². The summed E-state index contributed by atoms with van der Waals surface area (Å²) < 4.78 is 2.09. The first kappa shape index (κ1) is 25.2. The van der Waals surface area contributed by atoms with E-state index < -0.39 is 0 Å². The summed E-state index contributed by atoms with van der Waals surface area (Å²) in [4.78, 5) is 19.8. The summed E-state index contributed by atoms with van der Waals surface area (Å²) in [5.41, 5.74) is 6.29. The molecule has 39 heavy (non-hydrogen) atoms. The number of likely N-dealkylation sites (tertiary alicyclic amines) is 1. The number of aromatic nitrogens is 4. The minimum Gasteiger partial charge on any atom is -0.382 e. The van der Waals surface area contributed by atoms with Crippen LogP contribution in [0.5, 0.6) is 0 Å². The van der Waals surface area contributed by atoms with Gasteiger partial charge in [-0.1, -0.05) is 29.8 Å². The highest BCUT2D eigenvalue weighted by Gasteiger charge is 2.17. The zero-order chi connectivity index (χ0) is 26.8. The minimum absolute atomic E-state index is 0.189. The third-order valence-corrected chi connectivity index (χ3v) is 7.46. The molecule has 0 saturated carbocycles. The number of carbonyl (C=O) groups excluding carboxylic acids is 1. The third kappa shape index (κ3) is 5.82. The summed E-state index contributed by atoms with van der Waals surface area (Å²) in [6, 6.07) is 23.8. The number of halogens is 1. The van der Waals surface area contributed by atoms with Crippen LogP contribution in [0.15, 0.2) is 79.1 Å². The quantitative estimate of drug-likeness (QED) is 0.240. The van der Waals surface area contributed by atoms with E-state index in [2.05, 4.69) is 48.4 Å². The summed E-state index contributed by atoms with van der Waals surface area (Å²) in [6.07, 6.45) is 4.08. The zero-order valence-corrected chi connectivity index (χ0v) is 22.4. The predicted molar refractivity (Wildman–Crippen MR) is 156 cm³/mol. The Morgan fingerprint density at radius 2 is 1.87 bits per heavy atom. The van der Waals surface area contributed by atoms with E-state index in [0.717, 1.165) is 59.5 Å². The van der Waals surface area contributed by atoms with E-state index in [1.165, 1.54) is 0 Å². The Bertz CT molecular complexity index is 1600. The lowest BCUT2D eigenvalue weighted by atomic mass is 10.0. The Balaban J connectivity index is 1.12. The van der Waals surface area contributed by atoms with Gasteiger partial charge in [0.25, 0.3) is 5.91 Å². The van der Waals surface area contributed by atoms with Crippen molar-refractivity contribution in [1.82, 2.24) is 24.6 Å². The van der Waals surface area contributed by atoms with Crippen LogP contribution in [0.3, 0.4) is 0 Å². The molecule has 0 radical (unpaired) electrons. The molecule has 1 fully saturated rings. The van der Waals surface area contributed by atoms with Crippen LogP contribution in [-0.2, 0) is 6.54 Å². The largest absolute Gasteiger partial charge is 0.382 e. The van der Waals surface area contributed by atoms with E-state index in [4.69, 9.17) is 11.6 Å². The van der Waals surface area contributed by atoms with Gasteiger partial charge in [-0.2, -0.15) is 5.10 Å². The lowest BCUT2D eigenvalue weighted by Crippen LogP contribution is -2.36. The second-order valence-corrected chi connectivity index (χ2v) is 10.6. The predicted octanol–water partition coefficient (Wildman–Crippen LogP) is 5.89. The first-order chi connectivity index (χ1) is 19.0. The van der Waals surface area contributed by atoms with Crippen molar-refractivity contribution in [3.8, 4) is 11.3 Å². The van der Waals surface area contributed by atoms with Crippen molar-refractivity contribution >= 4 is 40.0 Å². The Hall–Kier alpha value is -4.14. The fourth-order valence-corrected chi connectivity index (χ4v) is 5.22. The molecule has 3 aromatic carbocycles. The van der Waals surface area contributed by atoms with E-state index in [1.54, 1.807) is 0 Å². The molecule has 9 heteroatoms. The summed E-state index contributed by atoms with van der Waals surface area (Å²) in [5, 5.41) is 14.6. The highest BCUT2D eigenvalue weighted by atomic mass is 35.5. The Morgan fingerprint density at radius 1 is 1.05 bits per heavy atom. The smallest absolute Gasteiger partial charge is 0.256 e. The molecule has 0 aliphatic carbocycles. The maximum atomic E-state index is 12.9. The van der Waals surface area contributed by atoms with Crippen molar-refractivity contribution in [3.63, 3.8) is 0 Å². The molecule has 0 bridgehead atoms. The van der Waals surface area contributed by atoms with Gasteiger partial charge in [-0.15, -0.1) is 0 Å². The van der Waals surface area contributed by atoms with Crippen LogP contribution in [0, 0.1) is 0 Å². The van der Waals surface area contributed by atoms with Gasteiger partial charge in [-0.05, 0) is 87.1 Å². The van der Waals surface area contributed by atoms with Crippen LogP contribution in [0.4, 0.5) is 11.5 Å². The van der Waals surface area contributed by atoms with E-state index in [1.807, 2.05) is 73.1 Å². The monoisotopic (exact) mass is 539 g/mol. The van der Waals surface area contributed by atoms with Crippen LogP contribution in [0.1, 0.15) is 28.8 Å². The molecule has 3 N–H and O–H groups in total. The van der Waals surface area contributed by atoms with Gasteiger partial charge < -0.3 is 20.1 Å². The molecule has 1 amide bonds. The number of hydrogen-bond acceptors (Lipinski definition) is 5. The highest BCUT2D eigenvalue weighted by molar-refractivity contribution is 6.30. The number of H-pyrrole nitrogens is 1. The summed E-state index contributed by atoms with van der Waals surface area (Å²) in [7, 11) is 2.16. The number of hydrogen-bond donors (Lipinski definition) is 3. The number of aromatic amines is 1. The number of amides is 1. The van der Waals surface area contributed by atoms with Gasteiger partial charge in [0.2, 0.25) is 0 Å². The van der Waals surface area contributed by atoms with Crippen LogP contribution in [-0.4, -0.2) is 56.7 Å². The number of carbonyl (C=O) groups is 1. The van der Waals surface area contributed by atoms with Gasteiger partial charge in [-0.25, -0.2) is 4.98 Å². The first-order valence-corrected chi connectivity index (χ1v) is 13.5. The second-order valence-electron chi connectivity index (χ2n) is 10.1. The maximum Gasteiger partial charge on any atom is 0.256 e. The van der Waals surface area contributed by atoms with E-state index >= 15 is 0 Å². The minimum atomic E-state index is -0.189. The Morgan fingerprint density at radius 3 is 2.67 bits per heavy atom. The Kier molecular flexibility index (Phi) is 7.04. The van der Waals surface area contributed by atoms with Crippen molar-refractivity contribution in [2.45, 2.75) is 25.4 Å². The number of piperidine rings is 1. The SMILES string of the molecule is CN1CCC(Nc2ccc(C(=O)Nc3cc(-c4ccc5ncn(Cc6cccc(Cl)c6)c5c4)n[nH]3)cc2)CC1. The highest BCUT2D eigenvalue weighted by Crippen LogP contribution is 2.25. The van der Waals surface area contributed by atoms with Crippen molar-refractivity contribution in [2.75, 3.05) is 30.8 Å². The lowest BCUT2D eigenvalue weighted by Gasteiger charge is -2.30. The van der Waals surface area contributed by atoms with E-state index in [-0.39, 0.29) is 5.91 Å². The lowest BCUT2D eigenvalue weighted by molar-refractivity contribution is 0.102. The zero-order valence-electron chi connectivity index (χ0n) is 21.7. The average Bonchev–Trinajstić information content (AvgIpc) is 3.57. The number of imidazole rings is 1. The molecule has 2 aromatic heterocycles. The van der Waals surface area contributed by atoms with Gasteiger partial charge >= 0.3 is 0 Å². The summed E-state index contributed by atoms with van der Waals surface area (Å²) >= 11 is 6.16. The maximum absolute atomic E-state index is 12.9. The van der Waals surface area contributed by atoms with Gasteiger partial charge in [0, 0.05) is 40.5 Å². The van der Waals surface area contributed by atoms with Crippen LogP contribution in [0.25, 0.3) is 22.3 Å². The molecule has 0 unspecified atom stereocenters. The number of benzene rings is 3. The molecular weight excluding hydrogens is 510 g/mol. The number of fused-ring (bicyclic) bond motifs is 1. The first-order valence-electron chi connectivity index (χ1n) is 13.1. The van der Waals surface area contributed by atoms with Crippen molar-refractivity contribution in [1.29, 1.82) is 0 Å². The topological polar surface area (TPSA) is 90.9 Å². The molecule has 6 rings (SSSR count). The molecule has 0 spiro atoms. The molecule has 3 heterocycles. The fourth-order valence-electron chi connectivity index (χ4n) is 5.01. The summed E-state index contributed by atoms with van der Waals surface area (Å²) in [5.74, 6) is 0.349. The van der Waals surface area contributed by atoms with Gasteiger partial charge in [0.1, 0.15) is 5.82 Å². The molecule has 1 aliphatic rings. The molecule has 1 aliphatic heterocycles. The second kappa shape index (κ2) is 10.9. The van der Waals surface area contributed by atoms with Crippen molar-refractivity contribution in [2.24, 2.45) is 0 Å². The van der Waals surface area contributed by atoms with Crippen molar-refractivity contribution in [3.05, 3.63) is 95.3 Å². The van der Waals surface area contributed by atoms with Crippen molar-refractivity contribution < 1.29 is 4.79 Å². The number of rotatable bonds is 7. The van der Waals surface area contributed by atoms with E-state index in [9.17, 15) is 4.79 Å². The fraction of sp³-hybridized carbons (Fsp3) is 0.233. The molecule has 1 saturated heterocycles. The van der Waals surface area contributed by atoms with Gasteiger partial charge in [0.15, 0.2) is 0 Å². The summed E-state index contributed by atoms with van der Waals surface area (Å²) in [6.45, 7) is 2.87. The molecule has 0 atom stereocenters. The molecular formula is C30H30ClN7O. The normalized spacial score (nSPS) is 14.5. The van der Waals surface area contributed by atoms with Gasteiger partial charge in [-0.3, -0.25) is 9.89 Å². The standard InChI is InChI=1S/C30H30ClN7O/c1-37-13-11-25(12-14-37)33-24-8-5-21(6-9-24)30(39)34-29-17-27(35-36-29)22-7-10-26-28(16-22)38(19-32-26)18-20-3-2-4-23(31)15-20/h2-10,15-17,19,25,33H,11-14,18H2,1H3,(H2,34,35,36,39). The number of anilines is 2. The van der Waals surface area contributed by atoms with Crippen LogP contribution >= 0.6 is 11.6 Å². The number of nitrogens with one attached hydrogen (secondary N) is 3. The van der Waals surface area contributed by atoms with E-state index in [0.29, 0.717) is 29.0 Å². The molecule has 198 valence electrons. The number of nitrogens with zero attached hydrogens (tertiary/aromatic N) is 4. The Labute approximate surface area is 232 Å².